The van der Waals surface area contributed by atoms with Gasteiger partial charge in [0.15, 0.2) is 0 Å². The van der Waals surface area contributed by atoms with E-state index in [2.05, 4.69) is 69.7 Å². The van der Waals surface area contributed by atoms with E-state index in [9.17, 15) is 0 Å². The summed E-state index contributed by atoms with van der Waals surface area (Å²) in [5.74, 6) is 1.66. The monoisotopic (exact) mass is 415 g/mol. The third-order valence-electron chi connectivity index (χ3n) is 6.15. The molecule has 0 spiro atoms. The third kappa shape index (κ3) is 4.00. The maximum atomic E-state index is 6.05. The molecule has 3 aromatic heterocycles. The van der Waals surface area contributed by atoms with Gasteiger partial charge in [-0.25, -0.2) is 0 Å². The minimum absolute atomic E-state index is 0.364. The largest absolute Gasteiger partial charge is 0.421 e. The van der Waals surface area contributed by atoms with Crippen LogP contribution in [-0.2, 0) is 6.42 Å². The smallest absolute Gasteiger partial charge is 0.247 e. The van der Waals surface area contributed by atoms with E-state index in [0.717, 1.165) is 41.0 Å². The Bertz CT molecular complexity index is 1200. The molecule has 1 aliphatic heterocycles. The zero-order chi connectivity index (χ0) is 21.4. The number of pyridine rings is 1. The van der Waals surface area contributed by atoms with Crippen LogP contribution in [0.5, 0.6) is 0 Å². The summed E-state index contributed by atoms with van der Waals surface area (Å²) in [6.45, 7) is 7.56. The van der Waals surface area contributed by atoms with E-state index in [1.165, 1.54) is 30.2 Å². The topological polar surface area (TPSA) is 79.6 Å². The fourth-order valence-corrected chi connectivity index (χ4v) is 4.64. The first-order valence-electron chi connectivity index (χ1n) is 11.2. The van der Waals surface area contributed by atoms with Crippen LogP contribution in [0.4, 0.5) is 0 Å². The highest BCUT2D eigenvalue weighted by Gasteiger charge is 2.20. The summed E-state index contributed by atoms with van der Waals surface area (Å²) >= 11 is 0. The predicted octanol–water partition coefficient (Wildman–Crippen LogP) is 5.40. The van der Waals surface area contributed by atoms with Gasteiger partial charge in [0.25, 0.3) is 0 Å². The highest BCUT2D eigenvalue weighted by Crippen LogP contribution is 2.37. The van der Waals surface area contributed by atoms with Crippen LogP contribution in [-0.4, -0.2) is 32.8 Å². The molecular weight excluding hydrogens is 386 g/mol. The van der Waals surface area contributed by atoms with Crippen molar-refractivity contribution in [1.82, 2.24) is 25.5 Å². The van der Waals surface area contributed by atoms with Crippen LogP contribution in [0.3, 0.4) is 0 Å². The molecule has 2 N–H and O–H groups in total. The average Bonchev–Trinajstić information content (AvgIpc) is 3.38. The molecule has 4 aromatic rings. The molecule has 6 heteroatoms. The van der Waals surface area contributed by atoms with Crippen LogP contribution in [0.25, 0.3) is 33.6 Å². The zero-order valence-electron chi connectivity index (χ0n) is 18.4. The number of hydrogen-bond acceptors (Lipinski definition) is 5. The van der Waals surface area contributed by atoms with Gasteiger partial charge in [-0.3, -0.25) is 4.98 Å². The summed E-state index contributed by atoms with van der Waals surface area (Å²) in [6, 6.07) is 11.0. The second-order valence-electron chi connectivity index (χ2n) is 8.87. The van der Waals surface area contributed by atoms with Gasteiger partial charge in [0.05, 0.1) is 5.69 Å². The molecule has 0 radical (unpaired) electrons. The molecule has 1 aliphatic rings. The molecule has 0 amide bonds. The Kier molecular flexibility index (Phi) is 5.32. The Morgan fingerprint density at radius 3 is 2.77 bits per heavy atom. The maximum Gasteiger partial charge on any atom is 0.247 e. The summed E-state index contributed by atoms with van der Waals surface area (Å²) in [7, 11) is 0. The predicted molar refractivity (Wildman–Crippen MR) is 123 cm³/mol. The molecule has 4 heterocycles. The van der Waals surface area contributed by atoms with E-state index < -0.39 is 0 Å². The Labute approximate surface area is 182 Å². The number of nitrogens with zero attached hydrogens (tertiary/aromatic N) is 3. The van der Waals surface area contributed by atoms with Crippen molar-refractivity contribution in [2.24, 2.45) is 0 Å². The fourth-order valence-electron chi connectivity index (χ4n) is 4.64. The van der Waals surface area contributed by atoms with Gasteiger partial charge in [-0.15, -0.1) is 10.2 Å². The summed E-state index contributed by atoms with van der Waals surface area (Å²) in [4.78, 5) is 7.97. The number of nitrogens with one attached hydrogen (secondary N) is 2. The minimum Gasteiger partial charge on any atom is -0.421 e. The molecule has 0 saturated carbocycles. The lowest BCUT2D eigenvalue weighted by Gasteiger charge is -2.21. The van der Waals surface area contributed by atoms with Gasteiger partial charge >= 0.3 is 0 Å². The van der Waals surface area contributed by atoms with E-state index in [0.29, 0.717) is 23.7 Å². The molecule has 1 saturated heterocycles. The second kappa shape index (κ2) is 8.27. The summed E-state index contributed by atoms with van der Waals surface area (Å²) in [6.07, 6.45) is 6.35. The molecule has 1 atom stereocenters. The first-order chi connectivity index (χ1) is 15.1. The third-order valence-corrected chi connectivity index (χ3v) is 6.15. The van der Waals surface area contributed by atoms with Crippen LogP contribution in [0.2, 0.25) is 0 Å². The lowest BCUT2D eigenvalue weighted by atomic mass is 9.95. The number of aryl methyl sites for hydroxylation is 1. The number of rotatable bonds is 5. The summed E-state index contributed by atoms with van der Waals surface area (Å²) in [5, 5.41) is 13.4. The van der Waals surface area contributed by atoms with Crippen LogP contribution >= 0.6 is 0 Å². The van der Waals surface area contributed by atoms with Crippen molar-refractivity contribution in [2.75, 3.05) is 6.54 Å². The standard InChI is InChI=1S/C25H29N5O/c1-15(2)23-20-13-18(25-30-29-22(31-25)14-19-6-4-5-10-27-19)7-8-21(20)28-24(23)17-9-11-26-16(3)12-17/h7-9,11-13,15,19,27-28H,4-6,10,14H2,1-3H3. The van der Waals surface area contributed by atoms with Crippen LogP contribution in [0.15, 0.2) is 40.9 Å². The average molecular weight is 416 g/mol. The van der Waals surface area contributed by atoms with E-state index in [-0.39, 0.29) is 0 Å². The van der Waals surface area contributed by atoms with Gasteiger partial charge in [-0.2, -0.15) is 0 Å². The van der Waals surface area contributed by atoms with E-state index >= 15 is 0 Å². The van der Waals surface area contributed by atoms with E-state index in [1.807, 2.05) is 13.1 Å². The van der Waals surface area contributed by atoms with Crippen molar-refractivity contribution in [3.05, 3.63) is 53.7 Å². The number of benzene rings is 1. The van der Waals surface area contributed by atoms with Crippen LogP contribution in [0.1, 0.15) is 56.2 Å². The number of aromatic nitrogens is 4. The number of piperidine rings is 1. The van der Waals surface area contributed by atoms with Crippen molar-refractivity contribution in [2.45, 2.75) is 58.4 Å². The number of H-pyrrole nitrogens is 1. The zero-order valence-corrected chi connectivity index (χ0v) is 18.4. The molecule has 5 rings (SSSR count). The highest BCUT2D eigenvalue weighted by molar-refractivity contribution is 5.93. The quantitative estimate of drug-likeness (QED) is 0.456. The van der Waals surface area contributed by atoms with Crippen molar-refractivity contribution in [1.29, 1.82) is 0 Å². The Morgan fingerprint density at radius 2 is 2.00 bits per heavy atom. The highest BCUT2D eigenvalue weighted by atomic mass is 16.4. The SMILES string of the molecule is Cc1cc(-c2[nH]c3ccc(-c4nnc(CC5CCCCN5)o4)cc3c2C(C)C)ccn1. The van der Waals surface area contributed by atoms with Crippen molar-refractivity contribution < 1.29 is 4.42 Å². The lowest BCUT2D eigenvalue weighted by molar-refractivity contribution is 0.369. The molecule has 1 aromatic carbocycles. The van der Waals surface area contributed by atoms with E-state index in [1.54, 1.807) is 0 Å². The molecule has 160 valence electrons. The van der Waals surface area contributed by atoms with Gasteiger partial charge in [0.1, 0.15) is 0 Å². The molecule has 0 bridgehead atoms. The summed E-state index contributed by atoms with van der Waals surface area (Å²) < 4.78 is 6.05. The lowest BCUT2D eigenvalue weighted by Crippen LogP contribution is -2.35. The number of hydrogen-bond donors (Lipinski definition) is 2. The van der Waals surface area contributed by atoms with Gasteiger partial charge in [0.2, 0.25) is 11.8 Å². The van der Waals surface area contributed by atoms with Gasteiger partial charge in [0, 0.05) is 46.4 Å². The molecule has 6 nitrogen and oxygen atoms in total. The first-order valence-corrected chi connectivity index (χ1v) is 11.2. The van der Waals surface area contributed by atoms with Crippen molar-refractivity contribution >= 4 is 10.9 Å². The number of fused-ring (bicyclic) bond motifs is 1. The van der Waals surface area contributed by atoms with Crippen LogP contribution in [0, 0.1) is 6.92 Å². The van der Waals surface area contributed by atoms with Gasteiger partial charge < -0.3 is 14.7 Å². The first kappa shape index (κ1) is 19.9. The van der Waals surface area contributed by atoms with Crippen molar-refractivity contribution in [3.63, 3.8) is 0 Å². The summed E-state index contributed by atoms with van der Waals surface area (Å²) in [5.41, 5.74) is 6.70. The molecule has 1 fully saturated rings. The Balaban J connectivity index is 1.50. The van der Waals surface area contributed by atoms with Crippen molar-refractivity contribution in [3.8, 4) is 22.7 Å². The number of aromatic amines is 1. The van der Waals surface area contributed by atoms with E-state index in [4.69, 9.17) is 4.42 Å². The van der Waals surface area contributed by atoms with Gasteiger partial charge in [-0.1, -0.05) is 20.3 Å². The molecule has 31 heavy (non-hydrogen) atoms. The fraction of sp³-hybridized carbons (Fsp3) is 0.400. The maximum absolute atomic E-state index is 6.05. The molecule has 1 unspecified atom stereocenters. The second-order valence-corrected chi connectivity index (χ2v) is 8.87. The normalized spacial score (nSPS) is 17.0. The molecular formula is C25H29N5O. The Morgan fingerprint density at radius 1 is 1.10 bits per heavy atom. The molecule has 0 aliphatic carbocycles. The van der Waals surface area contributed by atoms with Crippen LogP contribution < -0.4 is 5.32 Å². The minimum atomic E-state index is 0.364. The Hall–Kier alpha value is -2.99. The van der Waals surface area contributed by atoms with Gasteiger partial charge in [-0.05, 0) is 68.1 Å².